The summed E-state index contributed by atoms with van der Waals surface area (Å²) in [6.45, 7) is 1.92. The third-order valence-electron chi connectivity index (χ3n) is 4.76. The van der Waals surface area contributed by atoms with Crippen LogP contribution in [-0.4, -0.2) is 40.9 Å². The Bertz CT molecular complexity index is 725. The van der Waals surface area contributed by atoms with Gasteiger partial charge in [-0.3, -0.25) is 4.90 Å². The molecule has 0 radical (unpaired) electrons. The summed E-state index contributed by atoms with van der Waals surface area (Å²) in [4.78, 5) is 2.15. The number of nitrogens with zero attached hydrogens (tertiary/aromatic N) is 1. The molecule has 0 saturated carbocycles. The largest absolute Gasteiger partial charge is 0.489 e. The number of aliphatic hydroxyl groups is 2. The van der Waals surface area contributed by atoms with E-state index in [4.69, 9.17) is 16.3 Å². The zero-order valence-electron chi connectivity index (χ0n) is 14.4. The van der Waals surface area contributed by atoms with Crippen LogP contribution in [-0.2, 0) is 6.61 Å². The summed E-state index contributed by atoms with van der Waals surface area (Å²) in [6.07, 6.45) is 1.35. The lowest BCUT2D eigenvalue weighted by atomic mass is 10.1. The molecule has 3 rings (SSSR count). The maximum atomic E-state index is 10.8. The molecule has 26 heavy (non-hydrogen) atoms. The first-order valence-electron chi connectivity index (χ1n) is 8.76. The first kappa shape index (κ1) is 19.6. The Morgan fingerprint density at radius 1 is 1.23 bits per heavy atom. The van der Waals surface area contributed by atoms with Crippen molar-refractivity contribution in [2.75, 3.05) is 19.7 Å². The van der Waals surface area contributed by atoms with E-state index >= 15 is 0 Å². The van der Waals surface area contributed by atoms with Gasteiger partial charge in [-0.1, -0.05) is 39.7 Å². The van der Waals surface area contributed by atoms with Gasteiger partial charge in [-0.15, -0.1) is 0 Å². The number of ether oxygens (including phenoxy) is 1. The number of β-amino-alcohol motifs (C(OH)–C–C–N with tert-alkyl or cyclic N) is 1. The van der Waals surface area contributed by atoms with Crippen molar-refractivity contribution in [2.24, 2.45) is 0 Å². The van der Waals surface area contributed by atoms with E-state index in [2.05, 4.69) is 20.8 Å². The van der Waals surface area contributed by atoms with Gasteiger partial charge in [0.2, 0.25) is 0 Å². The van der Waals surface area contributed by atoms with Crippen molar-refractivity contribution in [1.82, 2.24) is 4.90 Å². The van der Waals surface area contributed by atoms with E-state index in [9.17, 15) is 10.2 Å². The van der Waals surface area contributed by atoms with Gasteiger partial charge in [0.1, 0.15) is 12.4 Å². The maximum Gasteiger partial charge on any atom is 0.125 e. The van der Waals surface area contributed by atoms with Gasteiger partial charge in [-0.2, -0.15) is 0 Å². The molecule has 2 N–H and O–H groups in total. The van der Waals surface area contributed by atoms with Crippen LogP contribution >= 0.6 is 27.5 Å². The van der Waals surface area contributed by atoms with Crippen molar-refractivity contribution in [1.29, 1.82) is 0 Å². The summed E-state index contributed by atoms with van der Waals surface area (Å²) in [5, 5.41) is 21.0. The van der Waals surface area contributed by atoms with E-state index < -0.39 is 6.10 Å². The Hall–Kier alpha value is -1.11. The van der Waals surface area contributed by atoms with Gasteiger partial charge in [-0.05, 0) is 55.3 Å². The summed E-state index contributed by atoms with van der Waals surface area (Å²) >= 11 is 9.39. The number of likely N-dealkylation sites (tertiary alicyclic amines) is 1. The number of halogens is 2. The zero-order chi connectivity index (χ0) is 18.5. The molecule has 2 aromatic carbocycles. The highest BCUT2D eigenvalue weighted by Crippen LogP contribution is 2.31. The Morgan fingerprint density at radius 2 is 2.00 bits per heavy atom. The maximum absolute atomic E-state index is 10.8. The fourth-order valence-corrected chi connectivity index (χ4v) is 3.82. The molecule has 0 spiro atoms. The van der Waals surface area contributed by atoms with Crippen molar-refractivity contribution in [3.05, 3.63) is 63.1 Å². The molecule has 1 heterocycles. The lowest BCUT2D eigenvalue weighted by molar-refractivity contribution is 0.0828. The highest BCUT2D eigenvalue weighted by Gasteiger charge is 2.27. The van der Waals surface area contributed by atoms with Crippen LogP contribution in [0.1, 0.15) is 30.1 Å². The molecular weight excluding hydrogens is 418 g/mol. The molecule has 1 aliphatic heterocycles. The molecular formula is C20H23BrClNO3. The van der Waals surface area contributed by atoms with Crippen molar-refractivity contribution in [3.8, 4) is 5.75 Å². The van der Waals surface area contributed by atoms with Gasteiger partial charge < -0.3 is 14.9 Å². The van der Waals surface area contributed by atoms with Gasteiger partial charge >= 0.3 is 0 Å². The molecule has 0 bridgehead atoms. The SMILES string of the molecule is OC[C@H]1CCCN1CC(O)c1cc(Br)ccc1OCc1ccc(Cl)cc1. The predicted molar refractivity (Wildman–Crippen MR) is 107 cm³/mol. The minimum absolute atomic E-state index is 0.130. The quantitative estimate of drug-likeness (QED) is 0.678. The molecule has 2 atom stereocenters. The average Bonchev–Trinajstić information content (AvgIpc) is 3.09. The van der Waals surface area contributed by atoms with Crippen LogP contribution in [0, 0.1) is 0 Å². The number of benzene rings is 2. The van der Waals surface area contributed by atoms with Crippen LogP contribution in [0.4, 0.5) is 0 Å². The third kappa shape index (κ3) is 4.99. The standard InChI is InChI=1S/C20H23BrClNO3/c21-15-5-8-20(26-13-14-3-6-16(22)7-4-14)18(10-15)19(25)11-23-9-1-2-17(23)12-24/h3-8,10,17,19,24-25H,1-2,9,11-13H2/t17-,19?/m1/s1. The third-order valence-corrected chi connectivity index (χ3v) is 5.50. The molecule has 1 saturated heterocycles. The summed E-state index contributed by atoms with van der Waals surface area (Å²) < 4.78 is 6.86. The van der Waals surface area contributed by atoms with Crippen LogP contribution < -0.4 is 4.74 Å². The summed E-state index contributed by atoms with van der Waals surface area (Å²) in [6, 6.07) is 13.3. The predicted octanol–water partition coefficient (Wildman–Crippen LogP) is 4.17. The summed E-state index contributed by atoms with van der Waals surface area (Å²) in [7, 11) is 0. The molecule has 2 aromatic rings. The first-order valence-corrected chi connectivity index (χ1v) is 9.93. The van der Waals surface area contributed by atoms with Crippen molar-refractivity contribution >= 4 is 27.5 Å². The van der Waals surface area contributed by atoms with Gasteiger partial charge in [0, 0.05) is 27.6 Å². The van der Waals surface area contributed by atoms with Gasteiger partial charge in [-0.25, -0.2) is 0 Å². The fraction of sp³-hybridized carbons (Fsp3) is 0.400. The summed E-state index contributed by atoms with van der Waals surface area (Å²) in [5.74, 6) is 0.662. The number of aliphatic hydroxyl groups excluding tert-OH is 2. The van der Waals surface area contributed by atoms with Gasteiger partial charge in [0.05, 0.1) is 12.7 Å². The molecule has 0 aliphatic carbocycles. The van der Waals surface area contributed by atoms with Crippen LogP contribution in [0.2, 0.25) is 5.02 Å². The van der Waals surface area contributed by atoms with Crippen LogP contribution in [0.15, 0.2) is 46.9 Å². The lowest BCUT2D eigenvalue weighted by Crippen LogP contribution is -2.35. The van der Waals surface area contributed by atoms with Crippen LogP contribution in [0.25, 0.3) is 0 Å². The monoisotopic (exact) mass is 439 g/mol. The molecule has 0 aromatic heterocycles. The topological polar surface area (TPSA) is 52.9 Å². The van der Waals surface area contributed by atoms with Crippen LogP contribution in [0.5, 0.6) is 5.75 Å². The molecule has 6 heteroatoms. The van der Waals surface area contributed by atoms with Crippen molar-refractivity contribution < 1.29 is 14.9 Å². The Morgan fingerprint density at radius 3 is 2.73 bits per heavy atom. The Labute approximate surface area is 167 Å². The van der Waals surface area contributed by atoms with Crippen molar-refractivity contribution in [3.63, 3.8) is 0 Å². The highest BCUT2D eigenvalue weighted by atomic mass is 79.9. The first-order chi connectivity index (χ1) is 12.6. The minimum Gasteiger partial charge on any atom is -0.489 e. The smallest absolute Gasteiger partial charge is 0.125 e. The fourth-order valence-electron chi connectivity index (χ4n) is 3.32. The molecule has 1 unspecified atom stereocenters. The summed E-state index contributed by atoms with van der Waals surface area (Å²) in [5.41, 5.74) is 1.76. The van der Waals surface area contributed by atoms with E-state index in [0.717, 1.165) is 35.0 Å². The number of hydrogen-bond acceptors (Lipinski definition) is 4. The van der Waals surface area contributed by atoms with Crippen LogP contribution in [0.3, 0.4) is 0 Å². The minimum atomic E-state index is -0.681. The lowest BCUT2D eigenvalue weighted by Gasteiger charge is -2.26. The van der Waals surface area contributed by atoms with E-state index in [0.29, 0.717) is 23.9 Å². The molecule has 0 amide bonds. The second kappa shape index (κ2) is 9.20. The highest BCUT2D eigenvalue weighted by molar-refractivity contribution is 9.10. The Kier molecular flexibility index (Phi) is 6.95. The molecule has 140 valence electrons. The van der Waals surface area contributed by atoms with E-state index in [1.807, 2.05) is 42.5 Å². The second-order valence-corrected chi connectivity index (χ2v) is 7.94. The molecule has 4 nitrogen and oxygen atoms in total. The van der Waals surface area contributed by atoms with Gasteiger partial charge in [0.25, 0.3) is 0 Å². The number of hydrogen-bond donors (Lipinski definition) is 2. The van der Waals surface area contributed by atoms with Gasteiger partial charge in [0.15, 0.2) is 0 Å². The molecule has 1 aliphatic rings. The van der Waals surface area contributed by atoms with Crippen molar-refractivity contribution in [2.45, 2.75) is 31.6 Å². The average molecular weight is 441 g/mol. The zero-order valence-corrected chi connectivity index (χ0v) is 16.8. The Balaban J connectivity index is 1.71. The van der Waals surface area contributed by atoms with E-state index in [1.165, 1.54) is 0 Å². The number of rotatable bonds is 7. The molecule has 1 fully saturated rings. The second-order valence-electron chi connectivity index (χ2n) is 6.59. The normalized spacial score (nSPS) is 18.8. The van der Waals surface area contributed by atoms with E-state index in [1.54, 1.807) is 0 Å². The van der Waals surface area contributed by atoms with E-state index in [-0.39, 0.29) is 12.6 Å².